The molecule has 0 aliphatic rings. The summed E-state index contributed by atoms with van der Waals surface area (Å²) in [7, 11) is 1.54. The van der Waals surface area contributed by atoms with Gasteiger partial charge in [0.25, 0.3) is 0 Å². The number of aryl methyl sites for hydroxylation is 2. The Morgan fingerprint density at radius 2 is 2.38 bits per heavy atom. The summed E-state index contributed by atoms with van der Waals surface area (Å²) >= 11 is 0. The molecule has 0 amide bonds. The van der Waals surface area contributed by atoms with Crippen LogP contribution in [0.2, 0.25) is 0 Å². The van der Waals surface area contributed by atoms with Gasteiger partial charge in [-0.15, -0.1) is 0 Å². The van der Waals surface area contributed by atoms with Crippen molar-refractivity contribution in [2.24, 2.45) is 12.9 Å². The van der Waals surface area contributed by atoms with E-state index in [1.54, 1.807) is 6.92 Å². The highest BCUT2D eigenvalue weighted by atomic mass is 16.6. The average molecular weight is 186 g/mol. The molecule has 0 atom stereocenters. The number of nitrogens with two attached hydrogens (primary N) is 1. The second-order valence-corrected chi connectivity index (χ2v) is 2.45. The maximum absolute atomic E-state index is 10.6. The molecule has 0 radical (unpaired) electrons. The quantitative estimate of drug-likeness (QED) is 0.535. The Balaban J connectivity index is 3.32. The van der Waals surface area contributed by atoms with E-state index in [1.807, 2.05) is 0 Å². The minimum absolute atomic E-state index is 0.0261. The molecule has 0 bridgehead atoms. The normalized spacial score (nSPS) is 10.1. The van der Waals surface area contributed by atoms with E-state index in [1.165, 1.54) is 11.7 Å². The van der Waals surface area contributed by atoms with E-state index in [9.17, 15) is 10.1 Å². The van der Waals surface area contributed by atoms with Crippen molar-refractivity contribution in [3.05, 3.63) is 15.8 Å². The predicted octanol–water partition coefficient (Wildman–Crippen LogP) is 0.143. The summed E-state index contributed by atoms with van der Waals surface area (Å²) in [6.45, 7) is 1.77. The van der Waals surface area contributed by atoms with Gasteiger partial charge in [0.15, 0.2) is 0 Å². The van der Waals surface area contributed by atoms with Gasteiger partial charge in [0.05, 0.1) is 4.92 Å². The summed E-state index contributed by atoms with van der Waals surface area (Å²) in [5.41, 5.74) is 0.209. The smallest absolute Gasteiger partial charge is 0.355 e. The highest BCUT2D eigenvalue weighted by Crippen LogP contribution is 2.29. The molecule has 2 N–H and O–H groups in total. The molecule has 0 fully saturated rings. The Kier molecular flexibility index (Phi) is 2.47. The summed E-state index contributed by atoms with van der Waals surface area (Å²) in [5, 5.41) is 14.5. The van der Waals surface area contributed by atoms with Crippen molar-refractivity contribution in [3.63, 3.8) is 0 Å². The first-order valence-corrected chi connectivity index (χ1v) is 3.68. The number of rotatable bonds is 3. The van der Waals surface area contributed by atoms with Gasteiger partial charge in [0.1, 0.15) is 5.69 Å². The van der Waals surface area contributed by atoms with Gasteiger partial charge in [0.2, 0.25) is 0 Å². The minimum Gasteiger partial charge on any atom is -0.384 e. The average Bonchev–Trinajstić information content (AvgIpc) is 2.41. The van der Waals surface area contributed by atoms with Crippen LogP contribution in [0.5, 0.6) is 5.88 Å². The van der Waals surface area contributed by atoms with Gasteiger partial charge < -0.3 is 4.84 Å². The fraction of sp³-hybridized carbons (Fsp3) is 0.500. The Morgan fingerprint density at radius 3 is 2.77 bits per heavy atom. The molecule has 0 aliphatic carbocycles. The maximum atomic E-state index is 10.6. The molecule has 0 aromatic carbocycles. The van der Waals surface area contributed by atoms with Crippen LogP contribution in [0.3, 0.4) is 0 Å². The molecule has 1 aromatic heterocycles. The Bertz CT molecular complexity index is 333. The molecule has 13 heavy (non-hydrogen) atoms. The molecule has 72 valence electrons. The van der Waals surface area contributed by atoms with Crippen LogP contribution in [0.4, 0.5) is 5.69 Å². The summed E-state index contributed by atoms with van der Waals surface area (Å²) in [6, 6.07) is 0. The van der Waals surface area contributed by atoms with Gasteiger partial charge in [0, 0.05) is 7.05 Å². The molecular formula is C6H10N4O3. The van der Waals surface area contributed by atoms with Crippen LogP contribution in [0, 0.1) is 10.1 Å². The van der Waals surface area contributed by atoms with Crippen molar-refractivity contribution in [3.8, 4) is 5.88 Å². The highest BCUT2D eigenvalue weighted by molar-refractivity contribution is 5.46. The zero-order valence-electron chi connectivity index (χ0n) is 7.35. The first kappa shape index (κ1) is 9.46. The van der Waals surface area contributed by atoms with Crippen LogP contribution in [0.15, 0.2) is 0 Å². The second kappa shape index (κ2) is 3.40. The van der Waals surface area contributed by atoms with Gasteiger partial charge in [-0.1, -0.05) is 6.92 Å². The number of hydrogen-bond acceptors (Lipinski definition) is 5. The van der Waals surface area contributed by atoms with Gasteiger partial charge in [-0.25, -0.2) is 4.68 Å². The van der Waals surface area contributed by atoms with E-state index in [0.29, 0.717) is 12.1 Å². The lowest BCUT2D eigenvalue weighted by Crippen LogP contribution is -2.08. The Hall–Kier alpha value is -1.63. The van der Waals surface area contributed by atoms with E-state index >= 15 is 0 Å². The lowest BCUT2D eigenvalue weighted by atomic mass is 10.3. The number of nitrogens with zero attached hydrogens (tertiary/aromatic N) is 3. The van der Waals surface area contributed by atoms with Crippen LogP contribution in [0.1, 0.15) is 12.6 Å². The topological polar surface area (TPSA) is 96.2 Å². The fourth-order valence-corrected chi connectivity index (χ4v) is 1.10. The lowest BCUT2D eigenvalue weighted by Gasteiger charge is -1.95. The number of aromatic nitrogens is 2. The second-order valence-electron chi connectivity index (χ2n) is 2.45. The maximum Gasteiger partial charge on any atom is 0.355 e. The van der Waals surface area contributed by atoms with Gasteiger partial charge in [-0.2, -0.15) is 11.0 Å². The molecule has 0 aliphatic heterocycles. The van der Waals surface area contributed by atoms with Gasteiger partial charge in [-0.3, -0.25) is 10.1 Å². The van der Waals surface area contributed by atoms with Crippen molar-refractivity contribution in [2.75, 3.05) is 0 Å². The van der Waals surface area contributed by atoms with Crippen molar-refractivity contribution >= 4 is 5.69 Å². The first-order valence-electron chi connectivity index (χ1n) is 3.68. The molecule has 1 heterocycles. The summed E-state index contributed by atoms with van der Waals surface area (Å²) in [4.78, 5) is 14.4. The molecule has 0 unspecified atom stereocenters. The molecule has 0 saturated carbocycles. The zero-order valence-corrected chi connectivity index (χ0v) is 7.35. The summed E-state index contributed by atoms with van der Waals surface area (Å²) in [6.07, 6.45) is 0.466. The van der Waals surface area contributed by atoms with Crippen LogP contribution in [0.25, 0.3) is 0 Å². The van der Waals surface area contributed by atoms with Crippen molar-refractivity contribution in [1.82, 2.24) is 9.78 Å². The van der Waals surface area contributed by atoms with Crippen molar-refractivity contribution in [2.45, 2.75) is 13.3 Å². The molecule has 1 rings (SSSR count). The monoisotopic (exact) mass is 186 g/mol. The van der Waals surface area contributed by atoms with E-state index in [4.69, 9.17) is 5.90 Å². The molecule has 7 nitrogen and oxygen atoms in total. The third kappa shape index (κ3) is 1.45. The number of nitro groups is 1. The molecule has 1 aromatic rings. The SMILES string of the molecule is CCc1nn(C)c(ON)c1[N+](=O)[O-]. The highest BCUT2D eigenvalue weighted by Gasteiger charge is 2.26. The zero-order chi connectivity index (χ0) is 10.0. The first-order chi connectivity index (χ1) is 6.11. The van der Waals surface area contributed by atoms with Crippen molar-refractivity contribution in [1.29, 1.82) is 0 Å². The lowest BCUT2D eigenvalue weighted by molar-refractivity contribution is -0.386. The summed E-state index contributed by atoms with van der Waals surface area (Å²) < 4.78 is 1.25. The summed E-state index contributed by atoms with van der Waals surface area (Å²) in [5.74, 6) is 4.87. The predicted molar refractivity (Wildman–Crippen MR) is 44.1 cm³/mol. The van der Waals surface area contributed by atoms with Gasteiger partial charge in [-0.05, 0) is 6.42 Å². The van der Waals surface area contributed by atoms with Crippen LogP contribution in [-0.2, 0) is 13.5 Å². The van der Waals surface area contributed by atoms with Crippen LogP contribution in [-0.4, -0.2) is 14.7 Å². The molecule has 0 spiro atoms. The molecular weight excluding hydrogens is 176 g/mol. The van der Waals surface area contributed by atoms with Gasteiger partial charge >= 0.3 is 11.6 Å². The van der Waals surface area contributed by atoms with E-state index < -0.39 is 4.92 Å². The Labute approximate surface area is 74.2 Å². The largest absolute Gasteiger partial charge is 0.384 e. The Morgan fingerprint density at radius 1 is 1.77 bits per heavy atom. The molecule has 7 heteroatoms. The molecule has 0 saturated heterocycles. The standard InChI is InChI=1S/C6H10N4O3/c1-3-4-5(10(11)12)6(13-7)9(2)8-4/h3,7H2,1-2H3. The third-order valence-corrected chi connectivity index (χ3v) is 1.67. The minimum atomic E-state index is -0.548. The van der Waals surface area contributed by atoms with Crippen LogP contribution < -0.4 is 10.7 Å². The van der Waals surface area contributed by atoms with E-state index in [0.717, 1.165) is 0 Å². The fourth-order valence-electron chi connectivity index (χ4n) is 1.10. The van der Waals surface area contributed by atoms with E-state index in [-0.39, 0.29) is 11.6 Å². The number of hydrogen-bond donors (Lipinski definition) is 1. The van der Waals surface area contributed by atoms with Crippen LogP contribution >= 0.6 is 0 Å². The third-order valence-electron chi connectivity index (χ3n) is 1.67. The van der Waals surface area contributed by atoms with Crippen molar-refractivity contribution < 1.29 is 9.76 Å². The van der Waals surface area contributed by atoms with E-state index in [2.05, 4.69) is 9.94 Å².